The van der Waals surface area contributed by atoms with E-state index in [1.807, 2.05) is 78.9 Å². The predicted octanol–water partition coefficient (Wildman–Crippen LogP) is 6.59. The van der Waals surface area contributed by atoms with Crippen LogP contribution in [0.4, 0.5) is 28.8 Å². The van der Waals surface area contributed by atoms with Crippen LogP contribution in [0.25, 0.3) is 0 Å². The molecule has 0 fully saturated rings. The Labute approximate surface area is 271 Å². The number of nitrogens with zero attached hydrogens (tertiary/aromatic N) is 5. The number of hydrogen-bond acceptors (Lipinski definition) is 9. The van der Waals surface area contributed by atoms with E-state index in [2.05, 4.69) is 19.9 Å². The van der Waals surface area contributed by atoms with E-state index >= 15 is 0 Å². The average Bonchev–Trinajstić information content (AvgIpc) is 3.33. The second kappa shape index (κ2) is 13.2. The molecule has 0 radical (unpaired) electrons. The van der Waals surface area contributed by atoms with Crippen LogP contribution < -0.4 is 29.7 Å². The Hall–Kier alpha value is -5.61. The lowest BCUT2D eigenvalue weighted by Gasteiger charge is -2.30. The van der Waals surface area contributed by atoms with E-state index in [0.717, 1.165) is 16.9 Å². The normalized spacial score (nSPS) is 13.1. The molecule has 6 rings (SSSR count). The molecule has 4 aromatic carbocycles. The smallest absolute Gasteiger partial charge is 0.279 e. The van der Waals surface area contributed by atoms with E-state index in [-0.39, 0.29) is 30.1 Å². The Balaban J connectivity index is 1.32. The number of amides is 1. The average molecular weight is 635 g/mol. The predicted molar refractivity (Wildman–Crippen MR) is 180 cm³/mol. The van der Waals surface area contributed by atoms with Crippen LogP contribution in [-0.2, 0) is 11.2 Å². The van der Waals surface area contributed by atoms with Gasteiger partial charge in [0.25, 0.3) is 11.9 Å². The van der Waals surface area contributed by atoms with Gasteiger partial charge in [0, 0.05) is 40.1 Å². The van der Waals surface area contributed by atoms with E-state index in [0.29, 0.717) is 45.5 Å². The van der Waals surface area contributed by atoms with Crippen LogP contribution in [0.2, 0.25) is 5.02 Å². The molecule has 0 spiro atoms. The summed E-state index contributed by atoms with van der Waals surface area (Å²) in [5.74, 6) is 1.53. The maximum atomic E-state index is 14.0. The fourth-order valence-corrected chi connectivity index (χ4v) is 5.53. The van der Waals surface area contributed by atoms with Crippen LogP contribution in [0.15, 0.2) is 102 Å². The minimum absolute atomic E-state index is 0.0604. The van der Waals surface area contributed by atoms with Crippen molar-refractivity contribution >= 4 is 52.0 Å². The molecule has 0 bridgehead atoms. The minimum Gasteiger partial charge on any atom is -0.493 e. The molecule has 10 nitrogen and oxygen atoms in total. The summed E-state index contributed by atoms with van der Waals surface area (Å²) in [5.41, 5.74) is 11.2. The van der Waals surface area contributed by atoms with Crippen LogP contribution in [0, 0.1) is 0 Å². The van der Waals surface area contributed by atoms with E-state index in [9.17, 15) is 4.79 Å². The first kappa shape index (κ1) is 30.4. The van der Waals surface area contributed by atoms with Crippen molar-refractivity contribution in [2.45, 2.75) is 6.42 Å². The van der Waals surface area contributed by atoms with Gasteiger partial charge in [-0.25, -0.2) is 9.98 Å². The highest BCUT2D eigenvalue weighted by Crippen LogP contribution is 2.39. The number of rotatable bonds is 10. The van der Waals surface area contributed by atoms with Crippen LogP contribution in [0.1, 0.15) is 16.7 Å². The highest BCUT2D eigenvalue weighted by molar-refractivity contribution is 6.55. The van der Waals surface area contributed by atoms with Crippen LogP contribution in [0.5, 0.6) is 17.2 Å². The molecule has 0 atom stereocenters. The second-order valence-electron chi connectivity index (χ2n) is 10.4. The summed E-state index contributed by atoms with van der Waals surface area (Å²) in [7, 11) is 4.67. The maximum absolute atomic E-state index is 14.0. The zero-order valence-corrected chi connectivity index (χ0v) is 26.2. The summed E-state index contributed by atoms with van der Waals surface area (Å²) in [6, 6.07) is 28.8. The molecular formula is C35H31ClN6O4. The van der Waals surface area contributed by atoms with Gasteiger partial charge in [-0.1, -0.05) is 48.0 Å². The SMILES string of the molecule is COc1cc(Cc2cnc(/N=C3\C(=O)N(CN(c4ccccc4)c4ccccc4)c4ccc(Cl)cc43)nc2N)cc(OC)c1OC. The van der Waals surface area contributed by atoms with Gasteiger partial charge in [0.2, 0.25) is 5.75 Å². The number of nitrogen functional groups attached to an aromatic ring is 1. The number of nitrogens with two attached hydrogens (primary N) is 1. The van der Waals surface area contributed by atoms with Crippen molar-refractivity contribution in [3.63, 3.8) is 0 Å². The quantitative estimate of drug-likeness (QED) is 0.183. The van der Waals surface area contributed by atoms with Crippen molar-refractivity contribution in [1.82, 2.24) is 9.97 Å². The van der Waals surface area contributed by atoms with Gasteiger partial charge in [0.05, 0.1) is 27.0 Å². The summed E-state index contributed by atoms with van der Waals surface area (Å²) >= 11 is 6.40. The number of para-hydroxylation sites is 2. The molecule has 46 heavy (non-hydrogen) atoms. The summed E-state index contributed by atoms with van der Waals surface area (Å²) in [4.78, 5) is 31.3. The van der Waals surface area contributed by atoms with Gasteiger partial charge in [0.1, 0.15) is 18.2 Å². The molecule has 1 amide bonds. The number of carbonyl (C=O) groups is 1. The molecule has 11 heteroatoms. The molecule has 1 aliphatic rings. The Morgan fingerprint density at radius 1 is 0.870 bits per heavy atom. The van der Waals surface area contributed by atoms with Crippen molar-refractivity contribution in [3.8, 4) is 17.2 Å². The van der Waals surface area contributed by atoms with E-state index in [4.69, 9.17) is 31.5 Å². The van der Waals surface area contributed by atoms with Crippen molar-refractivity contribution in [1.29, 1.82) is 0 Å². The third kappa shape index (κ3) is 6.02. The number of hydrogen-bond donors (Lipinski definition) is 1. The molecule has 1 aliphatic heterocycles. The Bertz CT molecular complexity index is 1860. The molecule has 0 saturated carbocycles. The van der Waals surface area contributed by atoms with Crippen LogP contribution in [-0.4, -0.2) is 49.6 Å². The van der Waals surface area contributed by atoms with Gasteiger partial charge in [-0.05, 0) is 60.2 Å². The van der Waals surface area contributed by atoms with Gasteiger partial charge in [-0.15, -0.1) is 0 Å². The highest BCUT2D eigenvalue weighted by atomic mass is 35.5. The first-order valence-corrected chi connectivity index (χ1v) is 14.8. The monoisotopic (exact) mass is 634 g/mol. The molecule has 232 valence electrons. The molecule has 0 unspecified atom stereocenters. The second-order valence-corrected chi connectivity index (χ2v) is 10.8. The third-order valence-electron chi connectivity index (χ3n) is 7.59. The lowest BCUT2D eigenvalue weighted by atomic mass is 10.1. The molecule has 5 aromatic rings. The van der Waals surface area contributed by atoms with Crippen molar-refractivity contribution in [3.05, 3.63) is 119 Å². The van der Waals surface area contributed by atoms with Gasteiger partial charge in [0.15, 0.2) is 11.5 Å². The van der Waals surface area contributed by atoms with Gasteiger partial charge in [-0.3, -0.25) is 9.69 Å². The highest BCUT2D eigenvalue weighted by Gasteiger charge is 2.36. The number of ether oxygens (including phenoxy) is 3. The molecule has 2 heterocycles. The van der Waals surface area contributed by atoms with Gasteiger partial charge in [-0.2, -0.15) is 4.98 Å². The number of carbonyl (C=O) groups excluding carboxylic acids is 1. The molecule has 0 saturated heterocycles. The molecule has 1 aromatic heterocycles. The van der Waals surface area contributed by atoms with Crippen molar-refractivity contribution in [2.75, 3.05) is 43.5 Å². The number of methoxy groups -OCH3 is 3. The Morgan fingerprint density at radius 3 is 2.07 bits per heavy atom. The lowest BCUT2D eigenvalue weighted by Crippen LogP contribution is -2.39. The summed E-state index contributed by atoms with van der Waals surface area (Å²) < 4.78 is 16.4. The lowest BCUT2D eigenvalue weighted by molar-refractivity contribution is -0.112. The van der Waals surface area contributed by atoms with Crippen molar-refractivity contribution < 1.29 is 19.0 Å². The summed E-state index contributed by atoms with van der Waals surface area (Å²) in [5, 5.41) is 0.477. The third-order valence-corrected chi connectivity index (χ3v) is 7.82. The number of aliphatic imine (C=N–C) groups is 1. The number of fused-ring (bicyclic) bond motifs is 1. The number of benzene rings is 4. The largest absolute Gasteiger partial charge is 0.493 e. The molecular weight excluding hydrogens is 604 g/mol. The zero-order valence-electron chi connectivity index (χ0n) is 25.5. The van der Waals surface area contributed by atoms with E-state index in [1.54, 1.807) is 44.6 Å². The Kier molecular flexibility index (Phi) is 8.71. The van der Waals surface area contributed by atoms with Gasteiger partial charge >= 0.3 is 0 Å². The minimum atomic E-state index is -0.308. The maximum Gasteiger partial charge on any atom is 0.279 e. The number of aromatic nitrogens is 2. The van der Waals surface area contributed by atoms with E-state index in [1.165, 1.54) is 0 Å². The summed E-state index contributed by atoms with van der Waals surface area (Å²) in [6.07, 6.45) is 2.01. The fourth-order valence-electron chi connectivity index (χ4n) is 5.36. The van der Waals surface area contributed by atoms with Gasteiger partial charge < -0.3 is 24.8 Å². The van der Waals surface area contributed by atoms with E-state index < -0.39 is 0 Å². The zero-order chi connectivity index (χ0) is 32.2. The van der Waals surface area contributed by atoms with Crippen LogP contribution >= 0.6 is 11.6 Å². The molecule has 0 aliphatic carbocycles. The Morgan fingerprint density at radius 2 is 1.50 bits per heavy atom. The molecule has 2 N–H and O–H groups in total. The first-order valence-electron chi connectivity index (χ1n) is 14.4. The van der Waals surface area contributed by atoms with Crippen LogP contribution in [0.3, 0.4) is 0 Å². The summed E-state index contributed by atoms with van der Waals surface area (Å²) in [6.45, 7) is 0.233. The first-order chi connectivity index (χ1) is 22.4. The topological polar surface area (TPSA) is 115 Å². The van der Waals surface area contributed by atoms with Crippen molar-refractivity contribution in [2.24, 2.45) is 4.99 Å². The number of anilines is 4. The standard InChI is InChI=1S/C35H31ClN6O4/c1-44-29-17-22(18-30(45-2)32(29)46-3)16-23-20-38-35(40-33(23)37)39-31-27-19-24(36)14-15-28(27)42(34(31)43)21-41(25-10-6-4-7-11-25)26-12-8-5-9-13-26/h4-15,17-20H,16,21H2,1-3H3,(H2,37,38,40)/b39-31-. The fraction of sp³-hybridized carbons (Fsp3) is 0.143. The number of halogens is 1.